The summed E-state index contributed by atoms with van der Waals surface area (Å²) >= 11 is 0. The van der Waals surface area contributed by atoms with E-state index in [0.29, 0.717) is 30.3 Å². The van der Waals surface area contributed by atoms with Gasteiger partial charge in [0.05, 0.1) is 11.6 Å². The van der Waals surface area contributed by atoms with Crippen molar-refractivity contribution < 1.29 is 29.4 Å². The van der Waals surface area contributed by atoms with Crippen molar-refractivity contribution in [3.05, 3.63) is 35.4 Å². The van der Waals surface area contributed by atoms with Crippen LogP contribution in [0.5, 0.6) is 0 Å². The third-order valence-electron chi connectivity index (χ3n) is 6.53. The summed E-state index contributed by atoms with van der Waals surface area (Å²) in [6, 6.07) is 9.06. The molecule has 2 N–H and O–H groups in total. The maximum atomic E-state index is 13.2. The lowest BCUT2D eigenvalue weighted by atomic mass is 9.94. The molecule has 10 nitrogen and oxygen atoms in total. The summed E-state index contributed by atoms with van der Waals surface area (Å²) in [7, 11) is 0. The maximum absolute atomic E-state index is 13.2. The van der Waals surface area contributed by atoms with Gasteiger partial charge in [0.25, 0.3) is 5.91 Å². The molecule has 10 heteroatoms. The number of benzene rings is 1. The molecule has 0 heterocycles. The zero-order chi connectivity index (χ0) is 27.8. The van der Waals surface area contributed by atoms with Gasteiger partial charge in [-0.15, -0.1) is 0 Å². The van der Waals surface area contributed by atoms with E-state index in [4.69, 9.17) is 25.1 Å². The summed E-state index contributed by atoms with van der Waals surface area (Å²) in [5.74, 6) is -3.75. The van der Waals surface area contributed by atoms with Crippen LogP contribution in [-0.4, -0.2) is 94.0 Å². The molecule has 0 aromatic heterocycles. The van der Waals surface area contributed by atoms with Gasteiger partial charge in [0, 0.05) is 24.7 Å². The lowest BCUT2D eigenvalue weighted by molar-refractivity contribution is -0.159. The first-order valence-electron chi connectivity index (χ1n) is 13.0. The Morgan fingerprint density at radius 1 is 0.892 bits per heavy atom. The van der Waals surface area contributed by atoms with Gasteiger partial charge in [0.2, 0.25) is 5.91 Å². The van der Waals surface area contributed by atoms with Gasteiger partial charge in [-0.2, -0.15) is 5.26 Å². The topological polar surface area (TPSA) is 142 Å². The van der Waals surface area contributed by atoms with E-state index in [1.165, 1.54) is 19.3 Å². The van der Waals surface area contributed by atoms with Crippen LogP contribution < -0.4 is 0 Å². The van der Waals surface area contributed by atoms with E-state index in [-0.39, 0.29) is 18.4 Å². The van der Waals surface area contributed by atoms with Crippen LogP contribution in [0, 0.1) is 11.3 Å². The van der Waals surface area contributed by atoms with Gasteiger partial charge in [-0.1, -0.05) is 33.1 Å². The van der Waals surface area contributed by atoms with Crippen molar-refractivity contribution >= 4 is 23.8 Å². The summed E-state index contributed by atoms with van der Waals surface area (Å²) < 4.78 is 0. The van der Waals surface area contributed by atoms with Crippen LogP contribution in [0.4, 0.5) is 0 Å². The normalized spacial score (nSPS) is 13.2. The second kappa shape index (κ2) is 17.1. The van der Waals surface area contributed by atoms with E-state index in [1.54, 1.807) is 29.2 Å². The van der Waals surface area contributed by atoms with Crippen molar-refractivity contribution in [2.45, 2.75) is 65.3 Å². The fraction of sp³-hybridized carbons (Fsp3) is 0.593. The molecule has 0 radical (unpaired) electrons. The third-order valence-corrected chi connectivity index (χ3v) is 6.53. The molecule has 1 aromatic carbocycles. The van der Waals surface area contributed by atoms with Crippen LogP contribution in [0.3, 0.4) is 0 Å². The van der Waals surface area contributed by atoms with Crippen LogP contribution in [-0.2, 0) is 14.4 Å². The summed E-state index contributed by atoms with van der Waals surface area (Å²) in [4.78, 5) is 50.6. The number of nitriles is 1. The van der Waals surface area contributed by atoms with Crippen molar-refractivity contribution in [2.75, 3.05) is 39.3 Å². The number of carbonyl (C=O) groups excluding carboxylic acids is 2. The Morgan fingerprint density at radius 3 is 1.92 bits per heavy atom. The Bertz CT molecular complexity index is 906. The molecule has 1 aliphatic carbocycles. The van der Waals surface area contributed by atoms with E-state index in [2.05, 4.69) is 24.8 Å². The van der Waals surface area contributed by atoms with Crippen molar-refractivity contribution in [3.63, 3.8) is 0 Å². The standard InChI is InChI=1S/C25H38N4O2.C2H2O4/c1-4-27(5-2)17-10-18-28(25(31)22-15-13-21(19-26)14-16-22)20-24(30)29(6-3)23-11-8-7-9-12-23;3-1(4)2(5)6/h13-16,23H,4-12,17-18,20H2,1-3H3;(H,3,4)(H,5,6). The number of amides is 2. The first kappa shape index (κ1) is 31.6. The highest BCUT2D eigenvalue weighted by Gasteiger charge is 2.27. The van der Waals surface area contributed by atoms with Crippen molar-refractivity contribution in [1.82, 2.24) is 14.7 Å². The van der Waals surface area contributed by atoms with Crippen LogP contribution in [0.2, 0.25) is 0 Å². The van der Waals surface area contributed by atoms with Crippen LogP contribution in [0.1, 0.15) is 75.2 Å². The first-order chi connectivity index (χ1) is 17.7. The molecule has 0 bridgehead atoms. The number of rotatable bonds is 11. The molecule has 0 aliphatic heterocycles. The number of carboxylic acids is 2. The Balaban J connectivity index is 0.00000102. The highest BCUT2D eigenvalue weighted by molar-refractivity contribution is 6.27. The van der Waals surface area contributed by atoms with Gasteiger partial charge >= 0.3 is 11.9 Å². The second-order valence-electron chi connectivity index (χ2n) is 8.88. The molecule has 204 valence electrons. The van der Waals surface area contributed by atoms with Gasteiger partial charge in [-0.05, 0) is 70.1 Å². The van der Waals surface area contributed by atoms with Crippen molar-refractivity contribution in [2.24, 2.45) is 0 Å². The first-order valence-corrected chi connectivity index (χ1v) is 13.0. The number of carboxylic acid groups (broad SMARTS) is 2. The lowest BCUT2D eigenvalue weighted by Crippen LogP contribution is -2.48. The third kappa shape index (κ3) is 11.0. The van der Waals surface area contributed by atoms with Gasteiger partial charge < -0.3 is 24.9 Å². The zero-order valence-electron chi connectivity index (χ0n) is 22.2. The molecule has 37 heavy (non-hydrogen) atoms. The Labute approximate surface area is 219 Å². The predicted octanol–water partition coefficient (Wildman–Crippen LogP) is 3.07. The van der Waals surface area contributed by atoms with Gasteiger partial charge in [0.15, 0.2) is 0 Å². The lowest BCUT2D eigenvalue weighted by Gasteiger charge is -2.35. The Hall–Kier alpha value is -3.45. The van der Waals surface area contributed by atoms with Gasteiger partial charge in [0.1, 0.15) is 6.54 Å². The van der Waals surface area contributed by atoms with Crippen LogP contribution in [0.15, 0.2) is 24.3 Å². The monoisotopic (exact) mass is 516 g/mol. The molecule has 0 unspecified atom stereocenters. The molecule has 2 amide bonds. The van der Waals surface area contributed by atoms with E-state index in [1.807, 2.05) is 11.8 Å². The molecule has 2 rings (SSSR count). The molecule has 0 atom stereocenters. The van der Waals surface area contributed by atoms with Crippen LogP contribution >= 0.6 is 0 Å². The molecular formula is C27H40N4O6. The fourth-order valence-corrected chi connectivity index (χ4v) is 4.43. The van der Waals surface area contributed by atoms with E-state index >= 15 is 0 Å². The van der Waals surface area contributed by atoms with Crippen molar-refractivity contribution in [3.8, 4) is 6.07 Å². The summed E-state index contributed by atoms with van der Waals surface area (Å²) in [5.41, 5.74) is 1.05. The SMILES string of the molecule is CCN(CC)CCCN(CC(=O)N(CC)C1CCCCC1)C(=O)c1ccc(C#N)cc1.O=C(O)C(=O)O. The molecule has 0 spiro atoms. The smallest absolute Gasteiger partial charge is 0.414 e. The molecular weight excluding hydrogens is 476 g/mol. The van der Waals surface area contributed by atoms with E-state index < -0.39 is 11.9 Å². The number of likely N-dealkylation sites (N-methyl/N-ethyl adjacent to an activating group) is 1. The second-order valence-corrected chi connectivity index (χ2v) is 8.88. The number of carbonyl (C=O) groups is 4. The average molecular weight is 517 g/mol. The van der Waals surface area contributed by atoms with Crippen molar-refractivity contribution in [1.29, 1.82) is 5.26 Å². The number of nitrogens with zero attached hydrogens (tertiary/aromatic N) is 4. The highest BCUT2D eigenvalue weighted by Crippen LogP contribution is 2.23. The fourth-order valence-electron chi connectivity index (χ4n) is 4.43. The minimum atomic E-state index is -1.82. The van der Waals surface area contributed by atoms with Gasteiger partial charge in [-0.3, -0.25) is 9.59 Å². The Morgan fingerprint density at radius 2 is 1.46 bits per heavy atom. The Kier molecular flexibility index (Phi) is 14.6. The molecule has 1 aromatic rings. The maximum Gasteiger partial charge on any atom is 0.414 e. The summed E-state index contributed by atoms with van der Waals surface area (Å²) in [5, 5.41) is 23.8. The molecule has 1 aliphatic rings. The number of hydrogen-bond donors (Lipinski definition) is 2. The number of hydrogen-bond acceptors (Lipinski definition) is 6. The highest BCUT2D eigenvalue weighted by atomic mass is 16.4. The average Bonchev–Trinajstić information content (AvgIpc) is 2.91. The zero-order valence-corrected chi connectivity index (χ0v) is 22.2. The predicted molar refractivity (Wildman–Crippen MR) is 139 cm³/mol. The van der Waals surface area contributed by atoms with E-state index in [9.17, 15) is 9.59 Å². The quantitative estimate of drug-likeness (QED) is 0.427. The van der Waals surface area contributed by atoms with Crippen LogP contribution in [0.25, 0.3) is 0 Å². The molecule has 1 saturated carbocycles. The molecule has 0 saturated heterocycles. The minimum absolute atomic E-state index is 0.0410. The van der Waals surface area contributed by atoms with E-state index in [0.717, 1.165) is 38.9 Å². The molecule has 1 fully saturated rings. The largest absolute Gasteiger partial charge is 0.473 e. The summed E-state index contributed by atoms with van der Waals surface area (Å²) in [6.07, 6.45) is 6.54. The van der Waals surface area contributed by atoms with Gasteiger partial charge in [-0.25, -0.2) is 9.59 Å². The minimum Gasteiger partial charge on any atom is -0.473 e. The summed E-state index contributed by atoms with van der Waals surface area (Å²) in [6.45, 7) is 10.5. The number of aliphatic carboxylic acids is 2.